The minimum absolute atomic E-state index is 0.266. The Kier molecular flexibility index (Phi) is 3.50. The third kappa shape index (κ3) is 2.55. The molecule has 0 spiro atoms. The molecule has 0 saturated heterocycles. The number of aliphatic hydroxyl groups excluding tert-OH is 1. The van der Waals surface area contributed by atoms with Crippen LogP contribution in [0.1, 0.15) is 17.0 Å². The lowest BCUT2D eigenvalue weighted by Gasteiger charge is -2.12. The number of alkyl halides is 3. The summed E-state index contributed by atoms with van der Waals surface area (Å²) in [6, 6.07) is 0. The Morgan fingerprint density at radius 1 is 1.27 bits per heavy atom. The van der Waals surface area contributed by atoms with Crippen LogP contribution in [0.3, 0.4) is 0 Å². The van der Waals surface area contributed by atoms with Crippen LogP contribution >= 0.6 is 15.9 Å². The van der Waals surface area contributed by atoms with Crippen molar-refractivity contribution in [3.8, 4) is 0 Å². The third-order valence-corrected chi connectivity index (χ3v) is 3.38. The highest BCUT2D eigenvalue weighted by molar-refractivity contribution is 9.10. The van der Waals surface area contributed by atoms with E-state index in [2.05, 4.69) is 15.9 Å². The zero-order valence-electron chi connectivity index (χ0n) is 8.32. The molecular weight excluding hydrogens is 275 g/mol. The fourth-order valence-corrected chi connectivity index (χ4v) is 2.14. The van der Waals surface area contributed by atoms with Gasteiger partial charge in [0.2, 0.25) is 0 Å². The van der Waals surface area contributed by atoms with Crippen LogP contribution in [0.15, 0.2) is 4.47 Å². The van der Waals surface area contributed by atoms with Crippen LogP contribution in [0.2, 0.25) is 0 Å². The van der Waals surface area contributed by atoms with Gasteiger partial charge in [-0.25, -0.2) is 0 Å². The molecule has 0 amide bonds. The third-order valence-electron chi connectivity index (χ3n) is 2.32. The number of aromatic nitrogens is 1. The van der Waals surface area contributed by atoms with Gasteiger partial charge in [-0.05, 0) is 29.8 Å². The molecule has 0 aromatic carbocycles. The molecule has 0 fully saturated rings. The highest BCUT2D eigenvalue weighted by Gasteiger charge is 2.30. The molecule has 6 heteroatoms. The van der Waals surface area contributed by atoms with Gasteiger partial charge >= 0.3 is 6.18 Å². The molecule has 0 aliphatic rings. The van der Waals surface area contributed by atoms with Gasteiger partial charge in [0.1, 0.15) is 6.54 Å². The number of hydrogen-bond acceptors (Lipinski definition) is 1. The van der Waals surface area contributed by atoms with E-state index in [4.69, 9.17) is 5.11 Å². The molecule has 1 aromatic heterocycles. The van der Waals surface area contributed by atoms with Crippen LogP contribution < -0.4 is 0 Å². The first-order valence-corrected chi connectivity index (χ1v) is 5.09. The summed E-state index contributed by atoms with van der Waals surface area (Å²) in [5.41, 5.74) is 1.44. The lowest BCUT2D eigenvalue weighted by Crippen LogP contribution is -2.19. The normalized spacial score (nSPS) is 12.2. The van der Waals surface area contributed by atoms with E-state index in [1.807, 2.05) is 0 Å². The largest absolute Gasteiger partial charge is 0.406 e. The molecule has 0 bridgehead atoms. The lowest BCUT2D eigenvalue weighted by atomic mass is 10.2. The van der Waals surface area contributed by atoms with E-state index in [0.29, 0.717) is 21.4 Å². The van der Waals surface area contributed by atoms with E-state index in [1.54, 1.807) is 13.8 Å². The summed E-state index contributed by atoms with van der Waals surface area (Å²) in [7, 11) is 0. The number of nitrogens with zero attached hydrogens (tertiary/aromatic N) is 1. The maximum atomic E-state index is 12.2. The topological polar surface area (TPSA) is 25.2 Å². The van der Waals surface area contributed by atoms with Crippen molar-refractivity contribution in [3.05, 3.63) is 21.4 Å². The molecule has 1 heterocycles. The van der Waals surface area contributed by atoms with Crippen molar-refractivity contribution in [3.63, 3.8) is 0 Å². The van der Waals surface area contributed by atoms with E-state index in [0.717, 1.165) is 4.57 Å². The van der Waals surface area contributed by atoms with Crippen molar-refractivity contribution in [2.24, 2.45) is 0 Å². The second-order valence-corrected chi connectivity index (χ2v) is 4.12. The molecule has 0 saturated carbocycles. The van der Waals surface area contributed by atoms with Gasteiger partial charge in [0.25, 0.3) is 0 Å². The molecule has 0 aliphatic heterocycles. The number of hydrogen-bond donors (Lipinski definition) is 1. The Morgan fingerprint density at radius 3 is 2.13 bits per heavy atom. The minimum Gasteiger partial charge on any atom is -0.392 e. The van der Waals surface area contributed by atoms with Gasteiger partial charge in [0, 0.05) is 21.4 Å². The first-order chi connectivity index (χ1) is 6.78. The fourth-order valence-electron chi connectivity index (χ4n) is 1.51. The first-order valence-electron chi connectivity index (χ1n) is 4.29. The molecule has 1 N–H and O–H groups in total. The van der Waals surface area contributed by atoms with Crippen molar-refractivity contribution in [2.75, 3.05) is 0 Å². The Bertz CT molecular complexity index is 370. The van der Waals surface area contributed by atoms with Gasteiger partial charge in [0.15, 0.2) is 0 Å². The van der Waals surface area contributed by atoms with Crippen LogP contribution in [-0.2, 0) is 13.2 Å². The van der Waals surface area contributed by atoms with Crippen molar-refractivity contribution in [2.45, 2.75) is 33.2 Å². The van der Waals surface area contributed by atoms with Crippen molar-refractivity contribution in [1.29, 1.82) is 0 Å². The molecule has 15 heavy (non-hydrogen) atoms. The van der Waals surface area contributed by atoms with E-state index >= 15 is 0 Å². The molecule has 1 aromatic rings. The molecular formula is C9H11BrF3NO. The smallest absolute Gasteiger partial charge is 0.392 e. The van der Waals surface area contributed by atoms with E-state index in [-0.39, 0.29) is 6.61 Å². The van der Waals surface area contributed by atoms with Gasteiger partial charge in [-0.2, -0.15) is 13.2 Å². The molecule has 2 nitrogen and oxygen atoms in total. The summed E-state index contributed by atoms with van der Waals surface area (Å²) in [5.74, 6) is 0. The molecule has 1 rings (SSSR count). The Balaban J connectivity index is 3.19. The van der Waals surface area contributed by atoms with Crippen LogP contribution in [0.4, 0.5) is 13.2 Å². The van der Waals surface area contributed by atoms with Crippen molar-refractivity contribution >= 4 is 15.9 Å². The quantitative estimate of drug-likeness (QED) is 0.888. The van der Waals surface area contributed by atoms with E-state index in [9.17, 15) is 13.2 Å². The second kappa shape index (κ2) is 4.17. The van der Waals surface area contributed by atoms with E-state index in [1.165, 1.54) is 0 Å². The zero-order chi connectivity index (χ0) is 11.8. The minimum atomic E-state index is -4.25. The average molecular weight is 286 g/mol. The molecule has 0 aliphatic carbocycles. The van der Waals surface area contributed by atoms with Gasteiger partial charge in [-0.15, -0.1) is 0 Å². The van der Waals surface area contributed by atoms with Crippen molar-refractivity contribution in [1.82, 2.24) is 4.57 Å². The maximum Gasteiger partial charge on any atom is 0.406 e. The summed E-state index contributed by atoms with van der Waals surface area (Å²) in [4.78, 5) is 0. The van der Waals surface area contributed by atoms with Crippen molar-refractivity contribution < 1.29 is 18.3 Å². The predicted molar refractivity (Wildman–Crippen MR) is 53.6 cm³/mol. The summed E-state index contributed by atoms with van der Waals surface area (Å²) in [6.07, 6.45) is -4.25. The second-order valence-electron chi connectivity index (χ2n) is 3.32. The van der Waals surface area contributed by atoms with Crippen LogP contribution in [0, 0.1) is 13.8 Å². The highest BCUT2D eigenvalue weighted by atomic mass is 79.9. The standard InChI is InChI=1S/C9H11BrF3NO/c1-5-7(3-15)8(10)6(2)14(5)4-9(11,12)13/h15H,3-4H2,1-2H3. The zero-order valence-corrected chi connectivity index (χ0v) is 9.91. The fraction of sp³-hybridized carbons (Fsp3) is 0.556. The van der Waals surface area contributed by atoms with Gasteiger partial charge in [0.05, 0.1) is 6.61 Å². The lowest BCUT2D eigenvalue weighted by molar-refractivity contribution is -0.141. The Hall–Kier alpha value is -0.490. The predicted octanol–water partition coefficient (Wildman–Crippen LogP) is 2.92. The van der Waals surface area contributed by atoms with Crippen LogP contribution in [0.25, 0.3) is 0 Å². The first kappa shape index (κ1) is 12.6. The number of halogens is 4. The SMILES string of the molecule is Cc1c(Br)c(CO)c(C)n1CC(F)(F)F. The van der Waals surface area contributed by atoms with Gasteiger partial charge in [-0.1, -0.05) is 0 Å². The average Bonchev–Trinajstić information content (AvgIpc) is 2.28. The number of rotatable bonds is 2. The van der Waals surface area contributed by atoms with Crippen LogP contribution in [0.5, 0.6) is 0 Å². The monoisotopic (exact) mass is 285 g/mol. The molecule has 86 valence electrons. The van der Waals surface area contributed by atoms with Gasteiger partial charge < -0.3 is 9.67 Å². The Labute approximate surface area is 93.8 Å². The summed E-state index contributed by atoms with van der Waals surface area (Å²) in [6.45, 7) is 1.86. The highest BCUT2D eigenvalue weighted by Crippen LogP contribution is 2.30. The molecule has 0 radical (unpaired) electrons. The summed E-state index contributed by atoms with van der Waals surface area (Å²) in [5, 5.41) is 9.01. The van der Waals surface area contributed by atoms with Gasteiger partial charge in [-0.3, -0.25) is 0 Å². The summed E-state index contributed by atoms with van der Waals surface area (Å²) < 4.78 is 38.4. The number of aliphatic hydroxyl groups is 1. The summed E-state index contributed by atoms with van der Waals surface area (Å²) >= 11 is 3.17. The van der Waals surface area contributed by atoms with E-state index < -0.39 is 12.7 Å². The van der Waals surface area contributed by atoms with Crippen LogP contribution in [-0.4, -0.2) is 15.8 Å². The Morgan fingerprint density at radius 2 is 1.80 bits per heavy atom. The maximum absolute atomic E-state index is 12.2. The molecule has 0 atom stereocenters. The molecule has 0 unspecified atom stereocenters.